The van der Waals surface area contributed by atoms with E-state index in [1.807, 2.05) is 6.07 Å². The summed E-state index contributed by atoms with van der Waals surface area (Å²) < 4.78 is 13.4. The highest BCUT2D eigenvalue weighted by atomic mass is 16.6. The van der Waals surface area contributed by atoms with Gasteiger partial charge in [0.15, 0.2) is 11.5 Å². The maximum Gasteiger partial charge on any atom is 0.415 e. The number of aliphatic carboxylic acids is 1. The van der Waals surface area contributed by atoms with Gasteiger partial charge in [-0.1, -0.05) is 12.6 Å². The maximum absolute atomic E-state index is 13.2. The summed E-state index contributed by atoms with van der Waals surface area (Å²) in [6.45, 7) is 7.69. The normalized spacial score (nSPS) is 31.7. The molecule has 2 bridgehead atoms. The molecule has 12 heteroatoms. The summed E-state index contributed by atoms with van der Waals surface area (Å²) in [5.41, 5.74) is 1.48. The minimum atomic E-state index is -1.23. The van der Waals surface area contributed by atoms with Crippen LogP contribution in [0.2, 0.25) is 0 Å². The van der Waals surface area contributed by atoms with Gasteiger partial charge in [-0.25, -0.2) is 4.79 Å². The number of nitrogens with one attached hydrogen (secondary N) is 2. The summed E-state index contributed by atoms with van der Waals surface area (Å²) in [5.74, 6) is -0.879. The molecule has 3 amide bonds. The summed E-state index contributed by atoms with van der Waals surface area (Å²) in [5, 5.41) is 26.6. The fourth-order valence-corrected chi connectivity index (χ4v) is 8.50. The summed E-state index contributed by atoms with van der Waals surface area (Å²) in [7, 11) is 3.84. The van der Waals surface area contributed by atoms with Crippen molar-refractivity contribution in [2.24, 2.45) is 5.92 Å². The molecule has 4 N–H and O–H groups in total. The van der Waals surface area contributed by atoms with Gasteiger partial charge in [-0.15, -0.1) is 0 Å². The average Bonchev–Trinajstić information content (AvgIpc) is 3.68. The number of benzene rings is 1. The standard InChI is InChI=1S/C32H42N4O8/c1-18-9-10-32(42)24-15-21-7-8-23(27-26(21)31(32,28(18)44-27)11-14-36(24,4)17-20-5-6-20)43-30(41)35(3)13-12-33-29(40)22(16-25(38)39)34-19(2)37/h7-8,20,22,24,28,42H,1,5-6,9-17H2,2-4H3,(H2-,33,34,37,38,39,40)/p+1/t22-,24+,28-,31-,32+,36?/m0/s1. The Morgan fingerprint density at radius 1 is 1.25 bits per heavy atom. The third kappa shape index (κ3) is 4.82. The Labute approximate surface area is 256 Å². The van der Waals surface area contributed by atoms with Crippen LogP contribution in [0.15, 0.2) is 24.3 Å². The molecule has 238 valence electrons. The number of carbonyl (C=O) groups is 4. The first-order chi connectivity index (χ1) is 20.8. The number of quaternary nitrogens is 1. The van der Waals surface area contributed by atoms with Crippen LogP contribution in [-0.4, -0.2) is 108 Å². The lowest BCUT2D eigenvalue weighted by Crippen LogP contribution is -2.80. The van der Waals surface area contributed by atoms with E-state index in [0.717, 1.165) is 53.0 Å². The Balaban J connectivity index is 1.19. The predicted molar refractivity (Wildman–Crippen MR) is 158 cm³/mol. The molecule has 0 radical (unpaired) electrons. The fourth-order valence-electron chi connectivity index (χ4n) is 8.50. The number of carbonyl (C=O) groups excluding carboxylic acids is 3. The molecular weight excluding hydrogens is 568 g/mol. The number of rotatable bonds is 10. The minimum absolute atomic E-state index is 0.0188. The van der Waals surface area contributed by atoms with E-state index in [-0.39, 0.29) is 31.0 Å². The van der Waals surface area contributed by atoms with Gasteiger partial charge in [0, 0.05) is 51.4 Å². The maximum atomic E-state index is 13.2. The zero-order valence-electron chi connectivity index (χ0n) is 25.7. The molecule has 1 aromatic carbocycles. The minimum Gasteiger partial charge on any atom is -0.481 e. The van der Waals surface area contributed by atoms with E-state index in [9.17, 15) is 24.3 Å². The van der Waals surface area contributed by atoms with E-state index < -0.39 is 47.4 Å². The van der Waals surface area contributed by atoms with Crippen molar-refractivity contribution in [3.05, 3.63) is 35.4 Å². The van der Waals surface area contributed by atoms with Crippen molar-refractivity contribution in [2.75, 3.05) is 40.3 Å². The third-order valence-electron chi connectivity index (χ3n) is 10.7. The van der Waals surface area contributed by atoms with Crippen molar-refractivity contribution < 1.29 is 43.3 Å². The van der Waals surface area contributed by atoms with Crippen LogP contribution in [0.3, 0.4) is 0 Å². The summed E-state index contributed by atoms with van der Waals surface area (Å²) >= 11 is 0. The molecule has 2 saturated carbocycles. The second-order valence-corrected chi connectivity index (χ2v) is 13.7. The van der Waals surface area contributed by atoms with Crippen molar-refractivity contribution in [3.63, 3.8) is 0 Å². The van der Waals surface area contributed by atoms with Crippen LogP contribution in [-0.2, 0) is 26.2 Å². The van der Waals surface area contributed by atoms with Crippen molar-refractivity contribution in [3.8, 4) is 11.5 Å². The molecule has 6 rings (SSSR count). The number of carboxylic acids is 1. The van der Waals surface area contributed by atoms with E-state index in [4.69, 9.17) is 14.6 Å². The van der Waals surface area contributed by atoms with Gasteiger partial charge in [-0.3, -0.25) is 14.4 Å². The lowest BCUT2D eigenvalue weighted by Gasteiger charge is -2.65. The van der Waals surface area contributed by atoms with Gasteiger partial charge in [0.2, 0.25) is 11.8 Å². The number of carboxylic acid groups (broad SMARTS) is 1. The number of hydrogen-bond donors (Lipinski definition) is 4. The number of amides is 3. The second-order valence-electron chi connectivity index (χ2n) is 13.7. The number of piperidine rings is 1. The zero-order valence-corrected chi connectivity index (χ0v) is 25.7. The van der Waals surface area contributed by atoms with Gasteiger partial charge in [0.25, 0.3) is 0 Å². The predicted octanol–water partition coefficient (Wildman–Crippen LogP) is 1.48. The second kappa shape index (κ2) is 10.8. The zero-order chi connectivity index (χ0) is 31.6. The van der Waals surface area contributed by atoms with Crippen LogP contribution in [0.1, 0.15) is 56.6 Å². The Bertz CT molecular complexity index is 1410. The Kier molecular flexibility index (Phi) is 7.43. The highest BCUT2D eigenvalue weighted by Crippen LogP contribution is 2.67. The van der Waals surface area contributed by atoms with Crippen LogP contribution in [0.4, 0.5) is 4.79 Å². The SMILES string of the molecule is C=C1CC[C@@]2(O)[C@H]3Cc4ccc(OC(=O)N(C)CCNC(=O)[C@H](CC(=O)O)NC(C)=O)c5c4[C@@]2(CC[N+]3(C)CC2CC2)[C@H]1O5. The van der Waals surface area contributed by atoms with Gasteiger partial charge in [0.1, 0.15) is 23.8 Å². The molecule has 1 unspecified atom stereocenters. The number of nitrogens with zero attached hydrogens (tertiary/aromatic N) is 2. The molecule has 3 aliphatic carbocycles. The smallest absolute Gasteiger partial charge is 0.415 e. The summed E-state index contributed by atoms with van der Waals surface area (Å²) in [4.78, 5) is 49.3. The van der Waals surface area contributed by atoms with Crippen molar-refractivity contribution in [2.45, 2.75) is 81.1 Å². The molecule has 2 heterocycles. The molecule has 1 aromatic rings. The molecule has 3 fully saturated rings. The van der Waals surface area contributed by atoms with Crippen LogP contribution in [0, 0.1) is 5.92 Å². The van der Waals surface area contributed by atoms with Gasteiger partial charge in [-0.2, -0.15) is 0 Å². The Morgan fingerprint density at radius 3 is 2.68 bits per heavy atom. The summed E-state index contributed by atoms with van der Waals surface area (Å²) in [6, 6.07) is 2.62. The van der Waals surface area contributed by atoms with Gasteiger partial charge in [-0.05, 0) is 42.9 Å². The number of aliphatic hydroxyl groups is 1. The largest absolute Gasteiger partial charge is 0.481 e. The lowest BCUT2D eigenvalue weighted by molar-refractivity contribution is -0.950. The first-order valence-electron chi connectivity index (χ1n) is 15.6. The van der Waals surface area contributed by atoms with Crippen molar-refractivity contribution in [1.29, 1.82) is 0 Å². The van der Waals surface area contributed by atoms with E-state index in [1.54, 1.807) is 6.07 Å². The Hall–Kier alpha value is -3.64. The van der Waals surface area contributed by atoms with Gasteiger partial charge < -0.3 is 39.7 Å². The van der Waals surface area contributed by atoms with E-state index in [1.165, 1.54) is 31.7 Å². The van der Waals surface area contributed by atoms with Gasteiger partial charge in [0.05, 0.1) is 32.0 Å². The molecule has 44 heavy (non-hydrogen) atoms. The van der Waals surface area contributed by atoms with Crippen molar-refractivity contribution >= 4 is 23.9 Å². The van der Waals surface area contributed by atoms with E-state index in [2.05, 4.69) is 24.3 Å². The number of hydrogen-bond acceptors (Lipinski definition) is 7. The van der Waals surface area contributed by atoms with E-state index >= 15 is 0 Å². The molecule has 12 nitrogen and oxygen atoms in total. The molecule has 1 saturated heterocycles. The van der Waals surface area contributed by atoms with Gasteiger partial charge >= 0.3 is 12.1 Å². The van der Waals surface area contributed by atoms with Crippen LogP contribution in [0.25, 0.3) is 0 Å². The first-order valence-corrected chi connectivity index (χ1v) is 15.6. The topological polar surface area (TPSA) is 154 Å². The number of likely N-dealkylation sites (N-methyl/N-ethyl adjacent to an activating group) is 2. The Morgan fingerprint density at radius 2 is 2.00 bits per heavy atom. The first kappa shape index (κ1) is 30.4. The number of likely N-dealkylation sites (tertiary alicyclic amines) is 1. The van der Waals surface area contributed by atoms with Crippen molar-refractivity contribution in [1.82, 2.24) is 15.5 Å². The van der Waals surface area contributed by atoms with Crippen LogP contribution in [0.5, 0.6) is 11.5 Å². The fraction of sp³-hybridized carbons (Fsp3) is 0.625. The highest BCUT2D eigenvalue weighted by molar-refractivity contribution is 5.90. The summed E-state index contributed by atoms with van der Waals surface area (Å²) in [6.07, 6.45) is 3.77. The average molecular weight is 612 g/mol. The number of ether oxygens (including phenoxy) is 2. The highest BCUT2D eigenvalue weighted by Gasteiger charge is 2.75. The molecule has 1 spiro atoms. The molecular formula is C32H43N4O8+. The molecule has 5 aliphatic rings. The quantitative estimate of drug-likeness (QED) is 0.229. The third-order valence-corrected chi connectivity index (χ3v) is 10.7. The monoisotopic (exact) mass is 611 g/mol. The van der Waals surface area contributed by atoms with Crippen LogP contribution >= 0.6 is 0 Å². The van der Waals surface area contributed by atoms with Crippen LogP contribution < -0.4 is 20.1 Å². The molecule has 0 aromatic heterocycles. The molecule has 6 atom stereocenters. The lowest BCUT2D eigenvalue weighted by atomic mass is 9.48. The van der Waals surface area contributed by atoms with E-state index in [0.29, 0.717) is 18.6 Å². The molecule has 2 aliphatic heterocycles.